The Morgan fingerprint density at radius 1 is 0.676 bits per heavy atom. The highest BCUT2D eigenvalue weighted by Crippen LogP contribution is 2.32. The van der Waals surface area contributed by atoms with E-state index in [9.17, 15) is 17.6 Å². The van der Waals surface area contributed by atoms with Gasteiger partial charge in [-0.15, -0.1) is 6.58 Å². The molecule has 0 saturated heterocycles. The number of rotatable bonds is 9. The summed E-state index contributed by atoms with van der Waals surface area (Å²) in [6, 6.07) is 19.9. The Labute approximate surface area is 214 Å². The van der Waals surface area contributed by atoms with Gasteiger partial charge in [0.2, 0.25) is 5.82 Å². The van der Waals surface area contributed by atoms with Crippen LogP contribution in [0.5, 0.6) is 5.75 Å². The Morgan fingerprint density at radius 3 is 1.86 bits per heavy atom. The number of unbranched alkanes of at least 4 members (excludes halogenated alkanes) is 1. The maximum absolute atomic E-state index is 14.9. The SMILES string of the molecule is C=CCCCOc1ccc(/C=C/c2ccc(-c3ccc(-c4ccc(C)cc4)c(F)c3F)cc2)c(F)c1F. The van der Waals surface area contributed by atoms with Crippen LogP contribution in [0.4, 0.5) is 17.6 Å². The number of benzene rings is 4. The number of ether oxygens (including phenoxy) is 1. The molecule has 0 aromatic heterocycles. The molecule has 4 rings (SSSR count). The normalized spacial score (nSPS) is 11.2. The van der Waals surface area contributed by atoms with Crippen molar-refractivity contribution < 1.29 is 22.3 Å². The summed E-state index contributed by atoms with van der Waals surface area (Å²) in [5.41, 5.74) is 3.22. The van der Waals surface area contributed by atoms with Crippen LogP contribution in [0.15, 0.2) is 85.5 Å². The zero-order valence-corrected chi connectivity index (χ0v) is 20.4. The topological polar surface area (TPSA) is 9.23 Å². The smallest absolute Gasteiger partial charge is 0.201 e. The van der Waals surface area contributed by atoms with Crippen molar-refractivity contribution in [3.8, 4) is 28.0 Å². The van der Waals surface area contributed by atoms with Gasteiger partial charge >= 0.3 is 0 Å². The lowest BCUT2D eigenvalue weighted by molar-refractivity contribution is 0.291. The third kappa shape index (κ3) is 6.00. The minimum absolute atomic E-state index is 0.0693. The quantitative estimate of drug-likeness (QED) is 0.0959. The second kappa shape index (κ2) is 11.7. The van der Waals surface area contributed by atoms with E-state index in [-0.39, 0.29) is 29.0 Å². The van der Waals surface area contributed by atoms with Gasteiger partial charge in [0.15, 0.2) is 23.2 Å². The summed E-state index contributed by atoms with van der Waals surface area (Å²) < 4.78 is 63.9. The number of hydrogen-bond donors (Lipinski definition) is 0. The summed E-state index contributed by atoms with van der Waals surface area (Å²) in [6.07, 6.45) is 6.19. The maximum Gasteiger partial charge on any atom is 0.201 e. The first kappa shape index (κ1) is 26.0. The van der Waals surface area contributed by atoms with Crippen LogP contribution < -0.4 is 4.74 Å². The van der Waals surface area contributed by atoms with E-state index in [1.54, 1.807) is 60.7 Å². The van der Waals surface area contributed by atoms with Gasteiger partial charge in [-0.05, 0) is 48.6 Å². The summed E-state index contributed by atoms with van der Waals surface area (Å²) >= 11 is 0. The van der Waals surface area contributed by atoms with Crippen molar-refractivity contribution >= 4 is 12.2 Å². The van der Waals surface area contributed by atoms with Crippen molar-refractivity contribution in [2.45, 2.75) is 19.8 Å². The molecule has 0 atom stereocenters. The molecule has 0 spiro atoms. The molecule has 0 amide bonds. The Kier molecular flexibility index (Phi) is 8.24. The van der Waals surface area contributed by atoms with Crippen LogP contribution in [0.3, 0.4) is 0 Å². The molecule has 0 aliphatic heterocycles. The van der Waals surface area contributed by atoms with Crippen LogP contribution in [-0.4, -0.2) is 6.61 Å². The van der Waals surface area contributed by atoms with Gasteiger partial charge in [-0.1, -0.05) is 84.5 Å². The highest BCUT2D eigenvalue weighted by atomic mass is 19.2. The third-order valence-corrected chi connectivity index (χ3v) is 6.01. The van der Waals surface area contributed by atoms with E-state index in [1.807, 2.05) is 19.1 Å². The molecule has 0 fully saturated rings. The standard InChI is InChI=1S/C32H26F4O/c1-3-4-5-20-37-28-19-16-25(29(33)32(28)36)15-10-22-8-13-24(14-9-22)27-18-17-26(30(34)31(27)35)23-11-6-21(2)7-12-23/h3,6-19H,1,4-5,20H2,2H3/b15-10+. The molecule has 188 valence electrons. The highest BCUT2D eigenvalue weighted by molar-refractivity contribution is 5.75. The molecule has 5 heteroatoms. The lowest BCUT2D eigenvalue weighted by atomic mass is 9.97. The lowest BCUT2D eigenvalue weighted by Gasteiger charge is -2.10. The summed E-state index contributed by atoms with van der Waals surface area (Å²) in [5, 5.41) is 0. The predicted molar refractivity (Wildman–Crippen MR) is 142 cm³/mol. The second-order valence-electron chi connectivity index (χ2n) is 8.67. The van der Waals surface area contributed by atoms with Crippen molar-refractivity contribution in [1.29, 1.82) is 0 Å². The van der Waals surface area contributed by atoms with Gasteiger partial charge < -0.3 is 4.74 Å². The van der Waals surface area contributed by atoms with Gasteiger partial charge in [0, 0.05) is 16.7 Å². The fourth-order valence-electron chi connectivity index (χ4n) is 3.88. The van der Waals surface area contributed by atoms with Gasteiger partial charge in [0.1, 0.15) is 0 Å². The van der Waals surface area contributed by atoms with Crippen LogP contribution in [0, 0.1) is 30.2 Å². The van der Waals surface area contributed by atoms with E-state index in [0.717, 1.165) is 12.0 Å². The first-order valence-corrected chi connectivity index (χ1v) is 11.9. The average molecular weight is 503 g/mol. The van der Waals surface area contributed by atoms with Crippen LogP contribution in [0.2, 0.25) is 0 Å². The Hall–Kier alpha value is -4.12. The lowest BCUT2D eigenvalue weighted by Crippen LogP contribution is -2.01. The van der Waals surface area contributed by atoms with E-state index < -0.39 is 23.3 Å². The van der Waals surface area contributed by atoms with Gasteiger partial charge in [-0.25, -0.2) is 13.2 Å². The Morgan fingerprint density at radius 2 is 1.27 bits per heavy atom. The number of hydrogen-bond acceptors (Lipinski definition) is 1. The monoisotopic (exact) mass is 502 g/mol. The first-order valence-electron chi connectivity index (χ1n) is 11.9. The average Bonchev–Trinajstić information content (AvgIpc) is 2.91. The summed E-state index contributed by atoms with van der Waals surface area (Å²) in [6.45, 7) is 5.80. The number of halogens is 4. The third-order valence-electron chi connectivity index (χ3n) is 6.01. The van der Waals surface area contributed by atoms with E-state index in [4.69, 9.17) is 4.74 Å². The molecule has 0 aliphatic rings. The molecule has 37 heavy (non-hydrogen) atoms. The Bertz CT molecular complexity index is 1420. The summed E-state index contributed by atoms with van der Waals surface area (Å²) in [5.74, 6) is -4.00. The van der Waals surface area contributed by atoms with Gasteiger partial charge in [0.05, 0.1) is 6.61 Å². The number of allylic oxidation sites excluding steroid dienone is 1. The van der Waals surface area contributed by atoms with Crippen LogP contribution in [0.1, 0.15) is 29.5 Å². The molecular weight excluding hydrogens is 476 g/mol. The zero-order valence-electron chi connectivity index (χ0n) is 20.4. The molecule has 4 aromatic rings. The maximum atomic E-state index is 14.9. The molecule has 0 radical (unpaired) electrons. The summed E-state index contributed by atoms with van der Waals surface area (Å²) in [7, 11) is 0. The Balaban J connectivity index is 1.50. The number of aryl methyl sites for hydroxylation is 1. The van der Waals surface area contributed by atoms with Gasteiger partial charge in [0.25, 0.3) is 0 Å². The van der Waals surface area contributed by atoms with Crippen molar-refractivity contribution in [3.05, 3.63) is 125 Å². The fourth-order valence-corrected chi connectivity index (χ4v) is 3.88. The molecule has 0 bridgehead atoms. The van der Waals surface area contributed by atoms with Gasteiger partial charge in [-0.3, -0.25) is 0 Å². The van der Waals surface area contributed by atoms with Gasteiger partial charge in [-0.2, -0.15) is 4.39 Å². The molecular formula is C32H26F4O. The van der Waals surface area contributed by atoms with Crippen molar-refractivity contribution in [2.75, 3.05) is 6.61 Å². The zero-order chi connectivity index (χ0) is 26.4. The van der Waals surface area contributed by atoms with E-state index in [1.165, 1.54) is 18.2 Å². The van der Waals surface area contributed by atoms with Crippen LogP contribution in [-0.2, 0) is 0 Å². The molecule has 0 N–H and O–H groups in total. The minimum atomic E-state index is -1.04. The van der Waals surface area contributed by atoms with E-state index in [0.29, 0.717) is 23.1 Å². The summed E-state index contributed by atoms with van der Waals surface area (Å²) in [4.78, 5) is 0. The fraction of sp³-hybridized carbons (Fsp3) is 0.125. The first-order chi connectivity index (χ1) is 17.9. The molecule has 0 aliphatic carbocycles. The van der Waals surface area contributed by atoms with Crippen LogP contribution in [0.25, 0.3) is 34.4 Å². The van der Waals surface area contributed by atoms with Crippen LogP contribution >= 0.6 is 0 Å². The van der Waals surface area contributed by atoms with Crippen molar-refractivity contribution in [2.24, 2.45) is 0 Å². The van der Waals surface area contributed by atoms with E-state index >= 15 is 0 Å². The van der Waals surface area contributed by atoms with E-state index in [2.05, 4.69) is 6.58 Å². The molecule has 0 heterocycles. The minimum Gasteiger partial charge on any atom is -0.490 e. The van der Waals surface area contributed by atoms with Crippen molar-refractivity contribution in [1.82, 2.24) is 0 Å². The second-order valence-corrected chi connectivity index (χ2v) is 8.67. The molecule has 0 saturated carbocycles. The molecule has 4 aromatic carbocycles. The highest BCUT2D eigenvalue weighted by Gasteiger charge is 2.16. The molecule has 0 unspecified atom stereocenters. The molecule has 1 nitrogen and oxygen atoms in total. The predicted octanol–water partition coefficient (Wildman–Crippen LogP) is 9.40. The largest absolute Gasteiger partial charge is 0.490 e. The van der Waals surface area contributed by atoms with Crippen molar-refractivity contribution in [3.63, 3.8) is 0 Å².